The highest BCUT2D eigenvalue weighted by Gasteiger charge is 2.06. The van der Waals surface area contributed by atoms with Crippen LogP contribution in [-0.4, -0.2) is 9.55 Å². The SMILES string of the molecule is C=C(/C=C\C(=C/C)CC)N/C=C(\C)Cn1ccc2cc[nH]c(=O)c2c1=O. The van der Waals surface area contributed by atoms with Crippen molar-refractivity contribution in [2.75, 3.05) is 0 Å². The van der Waals surface area contributed by atoms with Crippen molar-refractivity contribution in [1.82, 2.24) is 14.9 Å². The lowest BCUT2D eigenvalue weighted by molar-refractivity contribution is 0.748. The van der Waals surface area contributed by atoms with Gasteiger partial charge in [0.15, 0.2) is 0 Å². The van der Waals surface area contributed by atoms with E-state index < -0.39 is 0 Å². The highest BCUT2D eigenvalue weighted by Crippen LogP contribution is 2.06. The van der Waals surface area contributed by atoms with E-state index >= 15 is 0 Å². The topological polar surface area (TPSA) is 66.9 Å². The van der Waals surface area contributed by atoms with Crippen LogP contribution in [0.3, 0.4) is 0 Å². The molecule has 0 bridgehead atoms. The molecule has 0 spiro atoms. The van der Waals surface area contributed by atoms with Crippen molar-refractivity contribution in [3.8, 4) is 0 Å². The Kier molecular flexibility index (Phi) is 6.55. The van der Waals surface area contributed by atoms with Gasteiger partial charge < -0.3 is 14.9 Å². The average Bonchev–Trinajstić information content (AvgIpc) is 2.63. The smallest absolute Gasteiger partial charge is 0.264 e. The molecule has 0 atom stereocenters. The van der Waals surface area contributed by atoms with E-state index in [1.165, 1.54) is 10.1 Å². The maximum Gasteiger partial charge on any atom is 0.264 e. The van der Waals surface area contributed by atoms with E-state index in [-0.39, 0.29) is 16.5 Å². The molecular formula is C21H25N3O2. The first-order valence-corrected chi connectivity index (χ1v) is 8.61. The number of hydrogen-bond acceptors (Lipinski definition) is 3. The Morgan fingerprint density at radius 3 is 2.77 bits per heavy atom. The summed E-state index contributed by atoms with van der Waals surface area (Å²) in [5.41, 5.74) is 2.28. The Bertz CT molecular complexity index is 1000. The molecule has 2 N–H and O–H groups in total. The van der Waals surface area contributed by atoms with Gasteiger partial charge in [0.05, 0.1) is 0 Å². The Labute approximate surface area is 153 Å². The van der Waals surface area contributed by atoms with Crippen LogP contribution in [0.15, 0.2) is 82.0 Å². The molecule has 136 valence electrons. The number of nitrogens with zero attached hydrogens (tertiary/aromatic N) is 1. The van der Waals surface area contributed by atoms with E-state index in [9.17, 15) is 9.59 Å². The minimum absolute atomic E-state index is 0.182. The van der Waals surface area contributed by atoms with Gasteiger partial charge in [-0.15, -0.1) is 0 Å². The van der Waals surface area contributed by atoms with E-state index in [1.807, 2.05) is 32.2 Å². The van der Waals surface area contributed by atoms with Crippen LogP contribution < -0.4 is 16.4 Å². The fourth-order valence-corrected chi connectivity index (χ4v) is 2.56. The highest BCUT2D eigenvalue weighted by atomic mass is 16.1. The van der Waals surface area contributed by atoms with Crippen LogP contribution in [0.25, 0.3) is 10.8 Å². The number of pyridine rings is 2. The summed E-state index contributed by atoms with van der Waals surface area (Å²) >= 11 is 0. The van der Waals surface area contributed by atoms with Crippen LogP contribution in [0.5, 0.6) is 0 Å². The summed E-state index contributed by atoms with van der Waals surface area (Å²) in [6.45, 7) is 10.4. The second-order valence-electron chi connectivity index (χ2n) is 6.10. The maximum atomic E-state index is 12.5. The van der Waals surface area contributed by atoms with Crippen LogP contribution in [0.1, 0.15) is 27.2 Å². The summed E-state index contributed by atoms with van der Waals surface area (Å²) in [7, 11) is 0. The Morgan fingerprint density at radius 2 is 2.08 bits per heavy atom. The van der Waals surface area contributed by atoms with Gasteiger partial charge in [-0.05, 0) is 49.4 Å². The third-order valence-electron chi connectivity index (χ3n) is 4.10. The van der Waals surface area contributed by atoms with E-state index in [1.54, 1.807) is 24.5 Å². The van der Waals surface area contributed by atoms with Gasteiger partial charge in [0.2, 0.25) is 0 Å². The third kappa shape index (κ3) is 4.72. The molecule has 26 heavy (non-hydrogen) atoms. The van der Waals surface area contributed by atoms with Crippen molar-refractivity contribution in [3.05, 3.63) is 93.1 Å². The predicted octanol–water partition coefficient (Wildman–Crippen LogP) is 3.61. The minimum atomic E-state index is -0.365. The van der Waals surface area contributed by atoms with Crippen LogP contribution in [0, 0.1) is 0 Å². The molecule has 5 nitrogen and oxygen atoms in total. The van der Waals surface area contributed by atoms with E-state index in [0.29, 0.717) is 11.9 Å². The summed E-state index contributed by atoms with van der Waals surface area (Å²) in [4.78, 5) is 27.0. The third-order valence-corrected chi connectivity index (χ3v) is 4.10. The average molecular weight is 351 g/mol. The van der Waals surface area contributed by atoms with Crippen molar-refractivity contribution in [1.29, 1.82) is 0 Å². The Hall–Kier alpha value is -3.08. The van der Waals surface area contributed by atoms with Crippen molar-refractivity contribution in [2.24, 2.45) is 0 Å². The molecular weight excluding hydrogens is 326 g/mol. The molecule has 0 amide bonds. The molecule has 2 rings (SSSR count). The van der Waals surface area contributed by atoms with Gasteiger partial charge in [-0.25, -0.2) is 0 Å². The first-order valence-electron chi connectivity index (χ1n) is 8.61. The van der Waals surface area contributed by atoms with E-state index in [4.69, 9.17) is 0 Å². The Balaban J connectivity index is 2.12. The molecule has 5 heteroatoms. The lowest BCUT2D eigenvalue weighted by Crippen LogP contribution is -2.25. The number of fused-ring (bicyclic) bond motifs is 1. The molecule has 0 saturated carbocycles. The van der Waals surface area contributed by atoms with Gasteiger partial charge >= 0.3 is 0 Å². The van der Waals surface area contributed by atoms with Gasteiger partial charge in [0.25, 0.3) is 11.1 Å². The number of aromatic nitrogens is 2. The number of H-pyrrole nitrogens is 1. The largest absolute Gasteiger partial charge is 0.362 e. The van der Waals surface area contributed by atoms with Gasteiger partial charge in [-0.3, -0.25) is 9.59 Å². The molecule has 0 aromatic carbocycles. The lowest BCUT2D eigenvalue weighted by atomic mass is 10.2. The zero-order valence-corrected chi connectivity index (χ0v) is 15.5. The van der Waals surface area contributed by atoms with Gasteiger partial charge in [0, 0.05) is 30.8 Å². The predicted molar refractivity (Wildman–Crippen MR) is 108 cm³/mol. The normalized spacial score (nSPS) is 12.7. The standard InChI is InChI=1S/C21H25N3O2/c1-5-17(6-2)8-7-16(4)23-13-15(3)14-24-12-10-18-9-11-22-20(25)19(18)21(24)26/h5,7-13,23H,4,6,14H2,1-3H3,(H,22,25)/b8-7-,15-13+,17-5-. The molecule has 0 radical (unpaired) electrons. The molecule has 2 aromatic heterocycles. The lowest BCUT2D eigenvalue weighted by Gasteiger charge is -2.08. The van der Waals surface area contributed by atoms with E-state index in [0.717, 1.165) is 17.7 Å². The molecule has 0 unspecified atom stereocenters. The summed E-state index contributed by atoms with van der Waals surface area (Å²) < 4.78 is 1.53. The van der Waals surface area contributed by atoms with Crippen LogP contribution in [0.4, 0.5) is 0 Å². The van der Waals surface area contributed by atoms with E-state index in [2.05, 4.69) is 29.9 Å². The van der Waals surface area contributed by atoms with Gasteiger partial charge in [-0.1, -0.05) is 31.2 Å². The number of allylic oxidation sites excluding steroid dienone is 5. The number of rotatable bonds is 7. The fraction of sp³-hybridized carbons (Fsp3) is 0.238. The van der Waals surface area contributed by atoms with Gasteiger partial charge in [0.1, 0.15) is 5.39 Å². The monoisotopic (exact) mass is 351 g/mol. The zero-order chi connectivity index (χ0) is 19.1. The first-order chi connectivity index (χ1) is 12.5. The minimum Gasteiger partial charge on any atom is -0.362 e. The van der Waals surface area contributed by atoms with Crippen molar-refractivity contribution in [2.45, 2.75) is 33.7 Å². The molecule has 0 aliphatic heterocycles. The quantitative estimate of drug-likeness (QED) is 0.749. The van der Waals surface area contributed by atoms with Crippen molar-refractivity contribution >= 4 is 10.8 Å². The summed E-state index contributed by atoms with van der Waals surface area (Å²) in [6.07, 6.45) is 12.1. The second kappa shape index (κ2) is 8.85. The second-order valence-corrected chi connectivity index (χ2v) is 6.10. The van der Waals surface area contributed by atoms with Crippen LogP contribution >= 0.6 is 0 Å². The molecule has 0 saturated heterocycles. The number of nitrogens with one attached hydrogen (secondary N) is 2. The summed E-state index contributed by atoms with van der Waals surface area (Å²) in [6, 6.07) is 3.50. The zero-order valence-electron chi connectivity index (χ0n) is 15.5. The van der Waals surface area contributed by atoms with Crippen LogP contribution in [-0.2, 0) is 6.54 Å². The maximum absolute atomic E-state index is 12.5. The summed E-state index contributed by atoms with van der Waals surface area (Å²) in [5.74, 6) is 0. The molecule has 0 fully saturated rings. The molecule has 0 aliphatic rings. The fourth-order valence-electron chi connectivity index (χ4n) is 2.56. The number of hydrogen-bond donors (Lipinski definition) is 2. The Morgan fingerprint density at radius 1 is 1.31 bits per heavy atom. The molecule has 0 aliphatic carbocycles. The van der Waals surface area contributed by atoms with Crippen LogP contribution in [0.2, 0.25) is 0 Å². The number of aromatic amines is 1. The van der Waals surface area contributed by atoms with Crippen molar-refractivity contribution < 1.29 is 0 Å². The molecule has 2 aromatic rings. The first kappa shape index (κ1) is 19.2. The van der Waals surface area contributed by atoms with Crippen molar-refractivity contribution in [3.63, 3.8) is 0 Å². The molecule has 2 heterocycles. The van der Waals surface area contributed by atoms with Gasteiger partial charge in [-0.2, -0.15) is 0 Å². The summed E-state index contributed by atoms with van der Waals surface area (Å²) in [5, 5.41) is 3.94. The highest BCUT2D eigenvalue weighted by molar-refractivity contribution is 5.79.